The van der Waals surface area contributed by atoms with Gasteiger partial charge in [-0.05, 0) is 30.7 Å². The fourth-order valence-corrected chi connectivity index (χ4v) is 2.43. The monoisotopic (exact) mass is 294 g/mol. The Bertz CT molecular complexity index is 813. The molecule has 0 N–H and O–H groups in total. The van der Waals surface area contributed by atoms with E-state index in [1.165, 1.54) is 0 Å². The number of benzene rings is 2. The highest BCUT2D eigenvalue weighted by molar-refractivity contribution is 5.57. The maximum Gasteiger partial charge on any atom is 0.260 e. The van der Waals surface area contributed by atoms with Crippen LogP contribution in [0.4, 0.5) is 0 Å². The second kappa shape index (κ2) is 5.18. The maximum atomic E-state index is 5.88. The molecule has 1 unspecified atom stereocenters. The van der Waals surface area contributed by atoms with Crippen molar-refractivity contribution < 1.29 is 13.9 Å². The second-order valence-electron chi connectivity index (χ2n) is 5.12. The van der Waals surface area contributed by atoms with E-state index in [1.54, 1.807) is 0 Å². The summed E-state index contributed by atoms with van der Waals surface area (Å²) in [7, 11) is 0. The zero-order valence-electron chi connectivity index (χ0n) is 12.0. The second-order valence-corrected chi connectivity index (χ2v) is 5.12. The Morgan fingerprint density at radius 1 is 0.955 bits per heavy atom. The normalized spacial score (nSPS) is 16.5. The highest BCUT2D eigenvalue weighted by atomic mass is 16.6. The number of ether oxygens (including phenoxy) is 2. The minimum absolute atomic E-state index is 0.354. The van der Waals surface area contributed by atoms with Gasteiger partial charge in [0.1, 0.15) is 6.61 Å². The molecule has 0 saturated carbocycles. The van der Waals surface area contributed by atoms with Gasteiger partial charge in [0.15, 0.2) is 11.5 Å². The molecule has 1 aliphatic heterocycles. The minimum Gasteiger partial charge on any atom is -0.485 e. The summed E-state index contributed by atoms with van der Waals surface area (Å²) in [6.45, 7) is 2.36. The lowest BCUT2D eigenvalue weighted by Gasteiger charge is -2.23. The number of para-hydroxylation sites is 2. The average Bonchev–Trinajstić information content (AvgIpc) is 3.04. The Labute approximate surface area is 127 Å². The average molecular weight is 294 g/mol. The van der Waals surface area contributed by atoms with Gasteiger partial charge in [-0.2, -0.15) is 0 Å². The van der Waals surface area contributed by atoms with Crippen LogP contribution in [-0.2, 0) is 0 Å². The van der Waals surface area contributed by atoms with Crippen LogP contribution in [0.15, 0.2) is 52.9 Å². The summed E-state index contributed by atoms with van der Waals surface area (Å²) in [5, 5.41) is 8.23. The molecule has 4 rings (SSSR count). The van der Waals surface area contributed by atoms with Crippen molar-refractivity contribution in [1.82, 2.24) is 10.2 Å². The van der Waals surface area contributed by atoms with Crippen LogP contribution in [0.5, 0.6) is 11.5 Å². The maximum absolute atomic E-state index is 5.88. The van der Waals surface area contributed by atoms with Crippen molar-refractivity contribution in [2.45, 2.75) is 13.0 Å². The number of nitrogens with zero attached hydrogens (tertiary/aromatic N) is 2. The molecule has 3 aromatic rings. The summed E-state index contributed by atoms with van der Waals surface area (Å²) >= 11 is 0. The smallest absolute Gasteiger partial charge is 0.260 e. The fourth-order valence-electron chi connectivity index (χ4n) is 2.43. The van der Waals surface area contributed by atoms with E-state index in [-0.39, 0.29) is 6.10 Å². The summed E-state index contributed by atoms with van der Waals surface area (Å²) in [5.74, 6) is 2.34. The standard InChI is InChI=1S/C17H14N2O3/c1-11-6-2-3-7-12(11)16-18-19-17(22-16)15-10-20-13-8-4-5-9-14(13)21-15/h2-9,15H,10H2,1H3. The van der Waals surface area contributed by atoms with Gasteiger partial charge in [-0.15, -0.1) is 10.2 Å². The predicted octanol–water partition coefficient (Wildman–Crippen LogP) is 3.56. The summed E-state index contributed by atoms with van der Waals surface area (Å²) < 4.78 is 17.3. The van der Waals surface area contributed by atoms with E-state index in [0.717, 1.165) is 16.9 Å². The van der Waals surface area contributed by atoms with Gasteiger partial charge >= 0.3 is 0 Å². The first-order valence-electron chi connectivity index (χ1n) is 7.09. The Kier molecular flexibility index (Phi) is 3.04. The van der Waals surface area contributed by atoms with Crippen LogP contribution in [0.3, 0.4) is 0 Å². The van der Waals surface area contributed by atoms with Gasteiger partial charge in [-0.1, -0.05) is 30.3 Å². The van der Waals surface area contributed by atoms with Gasteiger partial charge in [-0.25, -0.2) is 0 Å². The van der Waals surface area contributed by atoms with Crippen molar-refractivity contribution in [3.63, 3.8) is 0 Å². The summed E-state index contributed by atoms with van der Waals surface area (Å²) in [4.78, 5) is 0. The van der Waals surface area contributed by atoms with E-state index in [1.807, 2.05) is 55.5 Å². The summed E-state index contributed by atoms with van der Waals surface area (Å²) in [6, 6.07) is 15.4. The van der Waals surface area contributed by atoms with Crippen molar-refractivity contribution in [1.29, 1.82) is 0 Å². The van der Waals surface area contributed by atoms with Gasteiger partial charge in [0.25, 0.3) is 5.89 Å². The van der Waals surface area contributed by atoms with Crippen LogP contribution in [0, 0.1) is 6.92 Å². The highest BCUT2D eigenvalue weighted by Gasteiger charge is 2.27. The number of fused-ring (bicyclic) bond motifs is 1. The van der Waals surface area contributed by atoms with Crippen LogP contribution in [0.25, 0.3) is 11.5 Å². The largest absolute Gasteiger partial charge is 0.485 e. The zero-order chi connectivity index (χ0) is 14.9. The molecule has 1 aromatic heterocycles. The third-order valence-corrected chi connectivity index (χ3v) is 3.60. The molecule has 0 spiro atoms. The zero-order valence-corrected chi connectivity index (χ0v) is 12.0. The van der Waals surface area contributed by atoms with Gasteiger partial charge in [0, 0.05) is 5.56 Å². The number of hydrogen-bond donors (Lipinski definition) is 0. The van der Waals surface area contributed by atoms with Crippen molar-refractivity contribution in [2.24, 2.45) is 0 Å². The lowest BCUT2D eigenvalue weighted by Crippen LogP contribution is -2.21. The van der Waals surface area contributed by atoms with E-state index in [0.29, 0.717) is 24.1 Å². The first-order valence-corrected chi connectivity index (χ1v) is 7.09. The first kappa shape index (κ1) is 12.9. The van der Waals surface area contributed by atoms with E-state index in [4.69, 9.17) is 13.9 Å². The third-order valence-electron chi connectivity index (χ3n) is 3.60. The Morgan fingerprint density at radius 3 is 2.59 bits per heavy atom. The molecular weight excluding hydrogens is 280 g/mol. The van der Waals surface area contributed by atoms with Gasteiger partial charge in [0.2, 0.25) is 12.0 Å². The van der Waals surface area contributed by atoms with Crippen molar-refractivity contribution >= 4 is 0 Å². The van der Waals surface area contributed by atoms with Crippen molar-refractivity contribution in [3.05, 3.63) is 60.0 Å². The van der Waals surface area contributed by atoms with Gasteiger partial charge in [0.05, 0.1) is 0 Å². The molecule has 5 heteroatoms. The molecule has 0 radical (unpaired) electrons. The fraction of sp³-hybridized carbons (Fsp3) is 0.176. The molecule has 22 heavy (non-hydrogen) atoms. The van der Waals surface area contributed by atoms with Crippen LogP contribution < -0.4 is 9.47 Å². The topological polar surface area (TPSA) is 57.4 Å². The van der Waals surface area contributed by atoms with E-state index < -0.39 is 0 Å². The van der Waals surface area contributed by atoms with Gasteiger partial charge < -0.3 is 13.9 Å². The quantitative estimate of drug-likeness (QED) is 0.723. The van der Waals surface area contributed by atoms with Crippen LogP contribution in [0.1, 0.15) is 17.6 Å². The van der Waals surface area contributed by atoms with Crippen LogP contribution in [-0.4, -0.2) is 16.8 Å². The molecule has 0 amide bonds. The first-order chi connectivity index (χ1) is 10.8. The van der Waals surface area contributed by atoms with E-state index >= 15 is 0 Å². The van der Waals surface area contributed by atoms with Gasteiger partial charge in [-0.3, -0.25) is 0 Å². The van der Waals surface area contributed by atoms with Crippen molar-refractivity contribution in [2.75, 3.05) is 6.61 Å². The molecule has 1 atom stereocenters. The highest BCUT2D eigenvalue weighted by Crippen LogP contribution is 2.36. The molecule has 0 bridgehead atoms. The summed E-state index contributed by atoms with van der Waals surface area (Å²) in [5.41, 5.74) is 2.02. The molecular formula is C17H14N2O3. The number of aromatic nitrogens is 2. The van der Waals surface area contributed by atoms with Crippen molar-refractivity contribution in [3.8, 4) is 23.0 Å². The summed E-state index contributed by atoms with van der Waals surface area (Å²) in [6.07, 6.45) is -0.389. The molecule has 5 nitrogen and oxygen atoms in total. The molecule has 2 aromatic carbocycles. The lowest BCUT2D eigenvalue weighted by atomic mass is 10.1. The lowest BCUT2D eigenvalue weighted by molar-refractivity contribution is 0.0716. The van der Waals surface area contributed by atoms with Crippen LogP contribution in [0.2, 0.25) is 0 Å². The molecule has 1 aliphatic rings. The Morgan fingerprint density at radius 2 is 1.73 bits per heavy atom. The molecule has 2 heterocycles. The molecule has 0 fully saturated rings. The van der Waals surface area contributed by atoms with Crippen LogP contribution >= 0.6 is 0 Å². The van der Waals surface area contributed by atoms with E-state index in [2.05, 4.69) is 10.2 Å². The number of aryl methyl sites for hydroxylation is 1. The number of hydrogen-bond acceptors (Lipinski definition) is 5. The predicted molar refractivity (Wildman–Crippen MR) is 79.8 cm³/mol. The molecule has 0 saturated heterocycles. The number of rotatable bonds is 2. The SMILES string of the molecule is Cc1ccccc1-c1nnc(C2COc3ccccc3O2)o1. The third kappa shape index (κ3) is 2.20. The Hall–Kier alpha value is -2.82. The Balaban J connectivity index is 1.62. The molecule has 110 valence electrons. The van der Waals surface area contributed by atoms with E-state index in [9.17, 15) is 0 Å². The molecule has 0 aliphatic carbocycles. The minimum atomic E-state index is -0.389.